The molecule has 1 aliphatic heterocycles. The maximum absolute atomic E-state index is 12.6. The molecule has 0 atom stereocenters. The number of sulfonamides is 1. The number of hydrogen-bond acceptors (Lipinski definition) is 4. The number of benzene rings is 1. The summed E-state index contributed by atoms with van der Waals surface area (Å²) in [5.74, 6) is 0. The molecule has 1 N–H and O–H groups in total. The molecule has 0 unspecified atom stereocenters. The van der Waals surface area contributed by atoms with Crippen molar-refractivity contribution in [3.63, 3.8) is 0 Å². The van der Waals surface area contributed by atoms with Gasteiger partial charge < -0.3 is 10.1 Å². The maximum Gasteiger partial charge on any atom is 0.243 e. The number of nitrogens with zero attached hydrogens (tertiary/aromatic N) is 1. The molecule has 1 aromatic rings. The van der Waals surface area contributed by atoms with E-state index in [1.807, 2.05) is 13.0 Å². The summed E-state index contributed by atoms with van der Waals surface area (Å²) < 4.78 is 31.9. The maximum atomic E-state index is 12.6. The molecule has 0 aromatic heterocycles. The largest absolute Gasteiger partial charge is 0.385 e. The van der Waals surface area contributed by atoms with Gasteiger partial charge in [-0.2, -0.15) is 4.31 Å². The van der Waals surface area contributed by atoms with E-state index in [1.165, 1.54) is 4.31 Å². The smallest absolute Gasteiger partial charge is 0.243 e. The number of ether oxygens (including phenoxy) is 1. The average Bonchev–Trinajstić information content (AvgIpc) is 2.46. The second kappa shape index (κ2) is 6.56. The van der Waals surface area contributed by atoms with E-state index in [1.54, 1.807) is 19.2 Å². The number of hydrogen-bond donors (Lipinski definition) is 1. The lowest BCUT2D eigenvalue weighted by atomic mass is 10.0. The summed E-state index contributed by atoms with van der Waals surface area (Å²) in [5.41, 5.74) is 1.84. The Morgan fingerprint density at radius 1 is 1.40 bits per heavy atom. The lowest BCUT2D eigenvalue weighted by Crippen LogP contribution is -2.31. The lowest BCUT2D eigenvalue weighted by Gasteiger charge is -2.24. The van der Waals surface area contributed by atoms with Crippen molar-refractivity contribution in [2.24, 2.45) is 0 Å². The highest BCUT2D eigenvalue weighted by Crippen LogP contribution is 2.29. The second-order valence-corrected chi connectivity index (χ2v) is 6.85. The summed E-state index contributed by atoms with van der Waals surface area (Å²) in [5, 5.41) is 3.26. The summed E-state index contributed by atoms with van der Waals surface area (Å²) in [4.78, 5) is 0.418. The SMILES string of the molecule is CCOCCN(C)S(=O)(=O)c1cccc2c1CCCN2. The van der Waals surface area contributed by atoms with E-state index < -0.39 is 10.0 Å². The fourth-order valence-electron chi connectivity index (χ4n) is 2.34. The lowest BCUT2D eigenvalue weighted by molar-refractivity contribution is 0.138. The minimum atomic E-state index is -3.45. The minimum absolute atomic E-state index is 0.368. The molecule has 0 spiro atoms. The van der Waals surface area contributed by atoms with Crippen molar-refractivity contribution in [2.75, 3.05) is 38.7 Å². The first-order valence-electron chi connectivity index (χ1n) is 6.97. The van der Waals surface area contributed by atoms with Crippen molar-refractivity contribution in [3.8, 4) is 0 Å². The predicted molar refractivity (Wildman–Crippen MR) is 79.6 cm³/mol. The van der Waals surface area contributed by atoms with Crippen molar-refractivity contribution in [3.05, 3.63) is 23.8 Å². The normalized spacial score (nSPS) is 14.9. The highest BCUT2D eigenvalue weighted by molar-refractivity contribution is 7.89. The molecule has 0 aliphatic carbocycles. The van der Waals surface area contributed by atoms with Gasteiger partial charge in [-0.05, 0) is 37.5 Å². The molecule has 0 radical (unpaired) electrons. The van der Waals surface area contributed by atoms with Crippen LogP contribution in [0.25, 0.3) is 0 Å². The van der Waals surface area contributed by atoms with E-state index >= 15 is 0 Å². The van der Waals surface area contributed by atoms with Gasteiger partial charge in [-0.3, -0.25) is 0 Å². The Kier molecular flexibility index (Phi) is 5.01. The Morgan fingerprint density at radius 2 is 2.20 bits per heavy atom. The van der Waals surface area contributed by atoms with Crippen LogP contribution in [-0.2, 0) is 21.2 Å². The van der Waals surface area contributed by atoms with Crippen LogP contribution < -0.4 is 5.32 Å². The molecule has 1 aromatic carbocycles. The van der Waals surface area contributed by atoms with Gasteiger partial charge in [0.1, 0.15) is 0 Å². The number of nitrogens with one attached hydrogen (secondary N) is 1. The number of fused-ring (bicyclic) bond motifs is 1. The molecular weight excluding hydrogens is 276 g/mol. The van der Waals surface area contributed by atoms with Gasteiger partial charge in [0.25, 0.3) is 0 Å². The number of likely N-dealkylation sites (N-methyl/N-ethyl adjacent to an activating group) is 1. The third-order valence-corrected chi connectivity index (χ3v) is 5.44. The summed E-state index contributed by atoms with van der Waals surface area (Å²) in [6.45, 7) is 4.18. The van der Waals surface area contributed by atoms with Crippen molar-refractivity contribution in [1.82, 2.24) is 4.31 Å². The molecular formula is C14H22N2O3S. The molecule has 1 heterocycles. The Hall–Kier alpha value is -1.11. The predicted octanol–water partition coefficient (Wildman–Crippen LogP) is 1.70. The molecule has 6 heteroatoms. The van der Waals surface area contributed by atoms with Crippen LogP contribution in [0.4, 0.5) is 5.69 Å². The molecule has 2 rings (SSSR count). The zero-order valence-corrected chi connectivity index (χ0v) is 12.9. The monoisotopic (exact) mass is 298 g/mol. The van der Waals surface area contributed by atoms with E-state index in [-0.39, 0.29) is 0 Å². The summed E-state index contributed by atoms with van der Waals surface area (Å²) in [7, 11) is -1.85. The first kappa shape index (κ1) is 15.3. The fourth-order valence-corrected chi connectivity index (χ4v) is 3.77. The Bertz CT molecular complexity index is 558. The summed E-state index contributed by atoms with van der Waals surface area (Å²) in [6.07, 6.45) is 1.76. The van der Waals surface area contributed by atoms with E-state index in [4.69, 9.17) is 4.74 Å². The van der Waals surface area contributed by atoms with Crippen LogP contribution in [0.5, 0.6) is 0 Å². The molecule has 0 fully saturated rings. The highest BCUT2D eigenvalue weighted by atomic mass is 32.2. The third-order valence-electron chi connectivity index (χ3n) is 3.49. The molecule has 112 valence electrons. The van der Waals surface area contributed by atoms with Crippen molar-refractivity contribution >= 4 is 15.7 Å². The fraction of sp³-hybridized carbons (Fsp3) is 0.571. The topological polar surface area (TPSA) is 58.6 Å². The molecule has 20 heavy (non-hydrogen) atoms. The van der Waals surface area contributed by atoms with Crippen LogP contribution in [0, 0.1) is 0 Å². The van der Waals surface area contributed by atoms with Gasteiger partial charge in [-0.15, -0.1) is 0 Å². The minimum Gasteiger partial charge on any atom is -0.385 e. The first-order valence-corrected chi connectivity index (χ1v) is 8.41. The molecule has 0 saturated heterocycles. The van der Waals surface area contributed by atoms with Crippen LogP contribution in [0.2, 0.25) is 0 Å². The summed E-state index contributed by atoms with van der Waals surface area (Å²) >= 11 is 0. The third kappa shape index (κ3) is 3.13. The van der Waals surface area contributed by atoms with Gasteiger partial charge in [-0.25, -0.2) is 8.42 Å². The standard InChI is InChI=1S/C14H22N2O3S/c1-3-19-11-10-16(2)20(17,18)14-8-4-7-13-12(14)6-5-9-15-13/h4,7-8,15H,3,5-6,9-11H2,1-2H3. The van der Waals surface area contributed by atoms with E-state index in [0.717, 1.165) is 30.6 Å². The molecule has 0 bridgehead atoms. The van der Waals surface area contributed by atoms with Crippen LogP contribution in [0.1, 0.15) is 18.9 Å². The van der Waals surface area contributed by atoms with Crippen LogP contribution in [0.3, 0.4) is 0 Å². The Balaban J connectivity index is 2.25. The average molecular weight is 298 g/mol. The van der Waals surface area contributed by atoms with Gasteiger partial charge in [-0.1, -0.05) is 6.07 Å². The Morgan fingerprint density at radius 3 is 2.95 bits per heavy atom. The van der Waals surface area contributed by atoms with Gasteiger partial charge in [0.2, 0.25) is 10.0 Å². The Labute approximate surface area is 121 Å². The zero-order chi connectivity index (χ0) is 14.6. The van der Waals surface area contributed by atoms with E-state index in [2.05, 4.69) is 5.32 Å². The summed E-state index contributed by atoms with van der Waals surface area (Å²) in [6, 6.07) is 5.42. The first-order chi connectivity index (χ1) is 9.57. The number of anilines is 1. The van der Waals surface area contributed by atoms with Gasteiger partial charge >= 0.3 is 0 Å². The highest BCUT2D eigenvalue weighted by Gasteiger charge is 2.26. The van der Waals surface area contributed by atoms with Crippen molar-refractivity contribution in [2.45, 2.75) is 24.7 Å². The number of rotatable bonds is 6. The van der Waals surface area contributed by atoms with Gasteiger partial charge in [0.15, 0.2) is 0 Å². The zero-order valence-electron chi connectivity index (χ0n) is 12.1. The van der Waals surface area contributed by atoms with Crippen molar-refractivity contribution < 1.29 is 13.2 Å². The molecule has 5 nitrogen and oxygen atoms in total. The van der Waals surface area contributed by atoms with E-state index in [9.17, 15) is 8.42 Å². The van der Waals surface area contributed by atoms with E-state index in [0.29, 0.717) is 24.7 Å². The van der Waals surface area contributed by atoms with Crippen molar-refractivity contribution in [1.29, 1.82) is 0 Å². The molecule has 1 aliphatic rings. The quantitative estimate of drug-likeness (QED) is 0.812. The van der Waals surface area contributed by atoms with Crippen LogP contribution >= 0.6 is 0 Å². The molecule has 0 amide bonds. The van der Waals surface area contributed by atoms with Gasteiger partial charge in [0.05, 0.1) is 11.5 Å². The van der Waals surface area contributed by atoms with Gasteiger partial charge in [0, 0.05) is 32.4 Å². The van der Waals surface area contributed by atoms with Crippen LogP contribution in [0.15, 0.2) is 23.1 Å². The van der Waals surface area contributed by atoms with Crippen LogP contribution in [-0.4, -0.2) is 46.1 Å². The second-order valence-electron chi connectivity index (χ2n) is 4.84. The molecule has 0 saturated carbocycles.